The standard InChI is InChI=1S/C34H34N2O4/c1-24(39-31(37)35-33(2,3)4)23-25-15-14-22-29-30(25)40-32(38)36(29)34(26-16-8-5-9-17-26,27-18-10-6-11-19-27)28-20-12-7-13-21-28/h5-22,24H,23H2,1-4H3,(H,35,37)/t24-/m1/s1. The highest BCUT2D eigenvalue weighted by Gasteiger charge is 2.41. The molecule has 0 saturated heterocycles. The van der Waals surface area contributed by atoms with Crippen LogP contribution in [0.4, 0.5) is 4.79 Å². The molecule has 0 unspecified atom stereocenters. The van der Waals surface area contributed by atoms with E-state index in [1.54, 1.807) is 4.57 Å². The number of benzene rings is 4. The van der Waals surface area contributed by atoms with Crippen LogP contribution in [0.15, 0.2) is 118 Å². The zero-order valence-corrected chi connectivity index (χ0v) is 23.3. The van der Waals surface area contributed by atoms with Crippen molar-refractivity contribution in [2.24, 2.45) is 0 Å². The van der Waals surface area contributed by atoms with Crippen LogP contribution in [-0.4, -0.2) is 22.3 Å². The van der Waals surface area contributed by atoms with E-state index in [4.69, 9.17) is 9.15 Å². The Balaban J connectivity index is 1.70. The van der Waals surface area contributed by atoms with Crippen LogP contribution in [-0.2, 0) is 16.7 Å². The number of para-hydroxylation sites is 1. The fraction of sp³-hybridized carbons (Fsp3) is 0.235. The van der Waals surface area contributed by atoms with Crippen LogP contribution >= 0.6 is 0 Å². The van der Waals surface area contributed by atoms with Crippen LogP contribution in [0.1, 0.15) is 49.9 Å². The molecular weight excluding hydrogens is 500 g/mol. The van der Waals surface area contributed by atoms with E-state index in [0.29, 0.717) is 17.5 Å². The topological polar surface area (TPSA) is 73.5 Å². The van der Waals surface area contributed by atoms with Gasteiger partial charge in [-0.15, -0.1) is 0 Å². The second-order valence-corrected chi connectivity index (χ2v) is 11.1. The SMILES string of the molecule is C[C@H](Cc1cccc2c1oc(=O)n2C(c1ccccc1)(c1ccccc1)c1ccccc1)OC(=O)NC(C)(C)C. The second kappa shape index (κ2) is 10.9. The van der Waals surface area contributed by atoms with Crippen LogP contribution in [0, 0.1) is 0 Å². The Morgan fingerprint density at radius 3 is 1.77 bits per heavy atom. The van der Waals surface area contributed by atoms with Gasteiger partial charge < -0.3 is 14.5 Å². The molecule has 0 aliphatic heterocycles. The largest absolute Gasteiger partial charge is 0.446 e. The number of nitrogens with zero attached hydrogens (tertiary/aromatic N) is 1. The van der Waals surface area contributed by atoms with Gasteiger partial charge in [0.1, 0.15) is 11.6 Å². The predicted molar refractivity (Wildman–Crippen MR) is 158 cm³/mol. The smallest absolute Gasteiger partial charge is 0.421 e. The number of oxazole rings is 1. The first kappa shape index (κ1) is 27.0. The van der Waals surface area contributed by atoms with Crippen molar-refractivity contribution in [3.63, 3.8) is 0 Å². The molecular formula is C34H34N2O4. The van der Waals surface area contributed by atoms with Gasteiger partial charge in [-0.2, -0.15) is 0 Å². The first-order valence-corrected chi connectivity index (χ1v) is 13.5. The van der Waals surface area contributed by atoms with Gasteiger partial charge in [-0.05, 0) is 50.5 Å². The number of fused-ring (bicyclic) bond motifs is 1. The highest BCUT2D eigenvalue weighted by Crippen LogP contribution is 2.42. The summed E-state index contributed by atoms with van der Waals surface area (Å²) in [5.41, 5.74) is 3.30. The zero-order chi connectivity index (χ0) is 28.3. The van der Waals surface area contributed by atoms with E-state index >= 15 is 0 Å². The minimum absolute atomic E-state index is 0.386. The fourth-order valence-electron chi connectivity index (χ4n) is 5.37. The molecule has 1 N–H and O–H groups in total. The number of amides is 1. The lowest BCUT2D eigenvalue weighted by Gasteiger charge is -2.36. The normalized spacial score (nSPS) is 12.7. The van der Waals surface area contributed by atoms with E-state index < -0.39 is 29.0 Å². The van der Waals surface area contributed by atoms with Crippen molar-refractivity contribution in [1.82, 2.24) is 9.88 Å². The van der Waals surface area contributed by atoms with Crippen LogP contribution in [0.3, 0.4) is 0 Å². The van der Waals surface area contributed by atoms with E-state index in [9.17, 15) is 9.59 Å². The molecule has 4 aromatic carbocycles. The van der Waals surface area contributed by atoms with Gasteiger partial charge in [0, 0.05) is 17.5 Å². The van der Waals surface area contributed by atoms with Gasteiger partial charge in [0.2, 0.25) is 0 Å². The first-order chi connectivity index (χ1) is 19.2. The number of ether oxygens (including phenoxy) is 1. The number of rotatable bonds is 7. The molecule has 6 nitrogen and oxygen atoms in total. The van der Waals surface area contributed by atoms with E-state index in [1.807, 2.05) is 137 Å². The van der Waals surface area contributed by atoms with Crippen LogP contribution < -0.4 is 11.1 Å². The molecule has 40 heavy (non-hydrogen) atoms. The Labute approximate surface area is 234 Å². The molecule has 5 aromatic rings. The van der Waals surface area contributed by atoms with Gasteiger partial charge in [-0.1, -0.05) is 103 Å². The summed E-state index contributed by atoms with van der Waals surface area (Å²) < 4.78 is 13.4. The van der Waals surface area contributed by atoms with Gasteiger partial charge in [0.25, 0.3) is 0 Å². The van der Waals surface area contributed by atoms with Gasteiger partial charge in [-0.25, -0.2) is 9.59 Å². The lowest BCUT2D eigenvalue weighted by molar-refractivity contribution is 0.100. The molecule has 1 aromatic heterocycles. The molecule has 0 bridgehead atoms. The summed E-state index contributed by atoms with van der Waals surface area (Å²) in [6.45, 7) is 7.53. The van der Waals surface area contributed by atoms with E-state index in [2.05, 4.69) is 5.32 Å². The van der Waals surface area contributed by atoms with E-state index in [0.717, 1.165) is 22.3 Å². The van der Waals surface area contributed by atoms with Crippen molar-refractivity contribution in [3.05, 3.63) is 142 Å². The first-order valence-electron chi connectivity index (χ1n) is 13.5. The van der Waals surface area contributed by atoms with Crippen molar-refractivity contribution in [3.8, 4) is 0 Å². The maximum absolute atomic E-state index is 14.0. The van der Waals surface area contributed by atoms with Crippen molar-refractivity contribution < 1.29 is 13.9 Å². The van der Waals surface area contributed by atoms with Crippen molar-refractivity contribution in [2.45, 2.75) is 51.3 Å². The Hall–Kier alpha value is -4.58. The van der Waals surface area contributed by atoms with Crippen LogP contribution in [0.2, 0.25) is 0 Å². The van der Waals surface area contributed by atoms with Crippen molar-refractivity contribution in [2.75, 3.05) is 0 Å². The highest BCUT2D eigenvalue weighted by atomic mass is 16.6. The number of aromatic nitrogens is 1. The summed E-state index contributed by atoms with van der Waals surface area (Å²) in [7, 11) is 0. The lowest BCUT2D eigenvalue weighted by atomic mass is 9.76. The molecule has 5 rings (SSSR count). The Kier molecular flexibility index (Phi) is 7.35. The summed E-state index contributed by atoms with van der Waals surface area (Å²) in [5, 5.41) is 2.82. The average Bonchev–Trinajstić information content (AvgIpc) is 3.27. The third-order valence-electron chi connectivity index (χ3n) is 6.89. The van der Waals surface area contributed by atoms with Crippen LogP contribution in [0.5, 0.6) is 0 Å². The number of carbonyl (C=O) groups excluding carboxylic acids is 1. The minimum Gasteiger partial charge on any atom is -0.446 e. The molecule has 0 aliphatic rings. The number of hydrogen-bond donors (Lipinski definition) is 1. The summed E-state index contributed by atoms with van der Waals surface area (Å²) in [6.07, 6.45) is -0.539. The number of carbonyl (C=O) groups is 1. The van der Waals surface area contributed by atoms with Gasteiger partial charge in [0.05, 0.1) is 5.52 Å². The zero-order valence-electron chi connectivity index (χ0n) is 23.3. The Bertz CT molecular complexity index is 1550. The summed E-state index contributed by atoms with van der Waals surface area (Å²) >= 11 is 0. The van der Waals surface area contributed by atoms with Crippen LogP contribution in [0.25, 0.3) is 11.1 Å². The van der Waals surface area contributed by atoms with E-state index in [-0.39, 0.29) is 0 Å². The Morgan fingerprint density at radius 2 is 1.30 bits per heavy atom. The van der Waals surface area contributed by atoms with Gasteiger partial charge >= 0.3 is 11.8 Å². The predicted octanol–water partition coefficient (Wildman–Crippen LogP) is 6.89. The number of alkyl carbamates (subject to hydrolysis) is 1. The monoisotopic (exact) mass is 534 g/mol. The second-order valence-electron chi connectivity index (χ2n) is 11.1. The van der Waals surface area contributed by atoms with Crippen molar-refractivity contribution in [1.29, 1.82) is 0 Å². The maximum Gasteiger partial charge on any atom is 0.421 e. The van der Waals surface area contributed by atoms with Gasteiger partial charge in [0.15, 0.2) is 5.58 Å². The molecule has 0 spiro atoms. The number of nitrogens with one attached hydrogen (secondary N) is 1. The quantitative estimate of drug-likeness (QED) is 0.231. The molecule has 1 heterocycles. The highest BCUT2D eigenvalue weighted by molar-refractivity contribution is 5.78. The fourth-order valence-corrected chi connectivity index (χ4v) is 5.37. The van der Waals surface area contributed by atoms with E-state index in [1.165, 1.54) is 0 Å². The molecule has 204 valence electrons. The lowest BCUT2D eigenvalue weighted by Crippen LogP contribution is -2.42. The summed E-state index contributed by atoms with van der Waals surface area (Å²) in [4.78, 5) is 26.4. The molecule has 1 atom stereocenters. The molecule has 0 aliphatic carbocycles. The summed E-state index contributed by atoms with van der Waals surface area (Å²) in [5.74, 6) is -0.474. The molecule has 1 amide bonds. The molecule has 0 radical (unpaired) electrons. The third kappa shape index (κ3) is 5.17. The maximum atomic E-state index is 14.0. The number of hydrogen-bond acceptors (Lipinski definition) is 4. The third-order valence-corrected chi connectivity index (χ3v) is 6.89. The molecule has 0 saturated carbocycles. The molecule has 0 fully saturated rings. The summed E-state index contributed by atoms with van der Waals surface area (Å²) in [6, 6.07) is 35.8. The Morgan fingerprint density at radius 1 is 0.800 bits per heavy atom. The van der Waals surface area contributed by atoms with Crippen molar-refractivity contribution >= 4 is 17.2 Å². The van der Waals surface area contributed by atoms with Gasteiger partial charge in [-0.3, -0.25) is 4.57 Å². The molecule has 6 heteroatoms. The average molecular weight is 535 g/mol. The minimum atomic E-state index is -1.00.